The SMILES string of the molecule is COc1ccc(C(O)CC2CC2)cc1OC. The highest BCUT2D eigenvalue weighted by atomic mass is 16.5. The number of methoxy groups -OCH3 is 2. The molecule has 0 aliphatic heterocycles. The van der Waals surface area contributed by atoms with Gasteiger partial charge in [0, 0.05) is 0 Å². The van der Waals surface area contributed by atoms with E-state index in [-0.39, 0.29) is 6.10 Å². The Bertz CT molecular complexity index is 358. The minimum absolute atomic E-state index is 0.382. The van der Waals surface area contributed by atoms with Crippen molar-refractivity contribution in [1.82, 2.24) is 0 Å². The van der Waals surface area contributed by atoms with Gasteiger partial charge in [0.2, 0.25) is 0 Å². The summed E-state index contributed by atoms with van der Waals surface area (Å²) in [5.74, 6) is 2.09. The Morgan fingerprint density at radius 1 is 1.25 bits per heavy atom. The number of hydrogen-bond acceptors (Lipinski definition) is 3. The first-order chi connectivity index (χ1) is 7.74. The van der Waals surface area contributed by atoms with E-state index < -0.39 is 0 Å². The first-order valence-electron chi connectivity index (χ1n) is 5.64. The van der Waals surface area contributed by atoms with E-state index in [0.717, 1.165) is 12.0 Å². The molecule has 1 saturated carbocycles. The molecule has 0 bridgehead atoms. The predicted octanol–water partition coefficient (Wildman–Crippen LogP) is 2.54. The molecule has 0 saturated heterocycles. The lowest BCUT2D eigenvalue weighted by Gasteiger charge is -2.13. The van der Waals surface area contributed by atoms with Crippen LogP contribution in [0.5, 0.6) is 11.5 Å². The number of ether oxygens (including phenoxy) is 2. The van der Waals surface area contributed by atoms with Crippen LogP contribution in [0.15, 0.2) is 18.2 Å². The van der Waals surface area contributed by atoms with Crippen molar-refractivity contribution in [3.8, 4) is 11.5 Å². The van der Waals surface area contributed by atoms with E-state index in [0.29, 0.717) is 17.4 Å². The minimum atomic E-state index is -0.382. The highest BCUT2D eigenvalue weighted by Gasteiger charge is 2.25. The summed E-state index contributed by atoms with van der Waals surface area (Å²) in [7, 11) is 3.22. The molecule has 3 heteroatoms. The third-order valence-corrected chi connectivity index (χ3v) is 3.05. The Labute approximate surface area is 96.0 Å². The van der Waals surface area contributed by atoms with Crippen molar-refractivity contribution in [3.63, 3.8) is 0 Å². The predicted molar refractivity (Wildman–Crippen MR) is 61.8 cm³/mol. The maximum atomic E-state index is 10.0. The van der Waals surface area contributed by atoms with E-state index >= 15 is 0 Å². The lowest BCUT2D eigenvalue weighted by Crippen LogP contribution is -2.00. The van der Waals surface area contributed by atoms with Crippen LogP contribution in [0, 0.1) is 5.92 Å². The van der Waals surface area contributed by atoms with Crippen LogP contribution in [0.1, 0.15) is 30.9 Å². The van der Waals surface area contributed by atoms with Crippen molar-refractivity contribution in [1.29, 1.82) is 0 Å². The van der Waals surface area contributed by atoms with Crippen LogP contribution in [0.25, 0.3) is 0 Å². The van der Waals surface area contributed by atoms with Crippen molar-refractivity contribution in [2.75, 3.05) is 14.2 Å². The number of rotatable bonds is 5. The number of hydrogen-bond donors (Lipinski definition) is 1. The first kappa shape index (κ1) is 11.3. The second-order valence-electron chi connectivity index (χ2n) is 4.31. The van der Waals surface area contributed by atoms with Gasteiger partial charge in [-0.2, -0.15) is 0 Å². The molecular weight excluding hydrogens is 204 g/mol. The summed E-state index contributed by atoms with van der Waals surface area (Å²) >= 11 is 0. The van der Waals surface area contributed by atoms with Crippen molar-refractivity contribution in [3.05, 3.63) is 23.8 Å². The van der Waals surface area contributed by atoms with Crippen LogP contribution in [0.4, 0.5) is 0 Å². The maximum Gasteiger partial charge on any atom is 0.161 e. The molecule has 0 spiro atoms. The van der Waals surface area contributed by atoms with Crippen LogP contribution in [0.3, 0.4) is 0 Å². The smallest absolute Gasteiger partial charge is 0.161 e. The van der Waals surface area contributed by atoms with Gasteiger partial charge in [-0.25, -0.2) is 0 Å². The van der Waals surface area contributed by atoms with Gasteiger partial charge in [0.25, 0.3) is 0 Å². The van der Waals surface area contributed by atoms with Gasteiger partial charge in [0.15, 0.2) is 11.5 Å². The Morgan fingerprint density at radius 2 is 1.94 bits per heavy atom. The van der Waals surface area contributed by atoms with Gasteiger partial charge >= 0.3 is 0 Å². The molecule has 16 heavy (non-hydrogen) atoms. The molecule has 1 aromatic rings. The van der Waals surface area contributed by atoms with Gasteiger partial charge in [0.1, 0.15) is 0 Å². The fraction of sp³-hybridized carbons (Fsp3) is 0.538. The third kappa shape index (κ3) is 2.47. The highest BCUT2D eigenvalue weighted by Crippen LogP contribution is 2.39. The molecule has 0 heterocycles. The van der Waals surface area contributed by atoms with Crippen LogP contribution in [-0.4, -0.2) is 19.3 Å². The number of aliphatic hydroxyl groups excluding tert-OH is 1. The molecule has 1 aliphatic rings. The second-order valence-corrected chi connectivity index (χ2v) is 4.31. The van der Waals surface area contributed by atoms with Crippen molar-refractivity contribution in [2.24, 2.45) is 5.92 Å². The maximum absolute atomic E-state index is 10.0. The van der Waals surface area contributed by atoms with E-state index in [1.807, 2.05) is 18.2 Å². The lowest BCUT2D eigenvalue weighted by molar-refractivity contribution is 0.160. The molecule has 1 atom stereocenters. The van der Waals surface area contributed by atoms with Gasteiger partial charge in [-0.1, -0.05) is 18.9 Å². The van der Waals surface area contributed by atoms with Crippen LogP contribution in [0.2, 0.25) is 0 Å². The van der Waals surface area contributed by atoms with Gasteiger partial charge in [0.05, 0.1) is 20.3 Å². The zero-order valence-corrected chi connectivity index (χ0v) is 9.77. The summed E-state index contributed by atoms with van der Waals surface area (Å²) in [4.78, 5) is 0. The van der Waals surface area contributed by atoms with E-state index in [2.05, 4.69) is 0 Å². The average molecular weight is 222 g/mol. The third-order valence-electron chi connectivity index (χ3n) is 3.05. The average Bonchev–Trinajstić information content (AvgIpc) is 3.11. The van der Waals surface area contributed by atoms with E-state index in [1.54, 1.807) is 14.2 Å². The summed E-state index contributed by atoms with van der Waals surface area (Å²) in [5.41, 5.74) is 0.907. The monoisotopic (exact) mass is 222 g/mol. The summed E-state index contributed by atoms with van der Waals surface area (Å²) < 4.78 is 10.4. The summed E-state index contributed by atoms with van der Waals surface area (Å²) in [6, 6.07) is 5.59. The molecule has 1 unspecified atom stereocenters. The quantitative estimate of drug-likeness (QED) is 0.832. The Kier molecular flexibility index (Phi) is 3.34. The number of benzene rings is 1. The molecule has 0 aromatic heterocycles. The van der Waals surface area contributed by atoms with Gasteiger partial charge < -0.3 is 14.6 Å². The minimum Gasteiger partial charge on any atom is -0.493 e. The summed E-state index contributed by atoms with van der Waals surface area (Å²) in [6.45, 7) is 0. The highest BCUT2D eigenvalue weighted by molar-refractivity contribution is 5.43. The van der Waals surface area contributed by atoms with Crippen LogP contribution >= 0.6 is 0 Å². The molecule has 88 valence electrons. The fourth-order valence-corrected chi connectivity index (χ4v) is 1.87. The molecule has 0 amide bonds. The van der Waals surface area contributed by atoms with Crippen molar-refractivity contribution in [2.45, 2.75) is 25.4 Å². The van der Waals surface area contributed by atoms with Gasteiger partial charge in [-0.05, 0) is 30.0 Å². The van der Waals surface area contributed by atoms with Gasteiger partial charge in [-0.15, -0.1) is 0 Å². The first-order valence-corrected chi connectivity index (χ1v) is 5.64. The van der Waals surface area contributed by atoms with E-state index in [4.69, 9.17) is 9.47 Å². The van der Waals surface area contributed by atoms with Crippen molar-refractivity contribution < 1.29 is 14.6 Å². The molecule has 1 fully saturated rings. The largest absolute Gasteiger partial charge is 0.493 e. The zero-order valence-electron chi connectivity index (χ0n) is 9.77. The normalized spacial score (nSPS) is 16.9. The van der Waals surface area contributed by atoms with Crippen LogP contribution in [-0.2, 0) is 0 Å². The Morgan fingerprint density at radius 3 is 2.50 bits per heavy atom. The zero-order chi connectivity index (χ0) is 11.5. The van der Waals surface area contributed by atoms with Gasteiger partial charge in [-0.3, -0.25) is 0 Å². The lowest BCUT2D eigenvalue weighted by atomic mass is 10.0. The second kappa shape index (κ2) is 4.74. The van der Waals surface area contributed by atoms with Crippen molar-refractivity contribution >= 4 is 0 Å². The molecule has 1 aliphatic carbocycles. The van der Waals surface area contributed by atoms with E-state index in [1.165, 1.54) is 12.8 Å². The fourth-order valence-electron chi connectivity index (χ4n) is 1.87. The molecule has 3 nitrogen and oxygen atoms in total. The standard InChI is InChI=1S/C13H18O3/c1-15-12-6-5-10(8-13(12)16-2)11(14)7-9-3-4-9/h5-6,8-9,11,14H,3-4,7H2,1-2H3. The molecular formula is C13H18O3. The molecule has 2 rings (SSSR count). The molecule has 1 N–H and O–H groups in total. The Hall–Kier alpha value is -1.22. The molecule has 0 radical (unpaired) electrons. The van der Waals surface area contributed by atoms with E-state index in [9.17, 15) is 5.11 Å². The molecule has 1 aromatic carbocycles. The number of aliphatic hydroxyl groups is 1. The Balaban J connectivity index is 2.13. The van der Waals surface area contributed by atoms with Crippen LogP contribution < -0.4 is 9.47 Å². The topological polar surface area (TPSA) is 38.7 Å². The summed E-state index contributed by atoms with van der Waals surface area (Å²) in [5, 5.41) is 10.0. The summed E-state index contributed by atoms with van der Waals surface area (Å²) in [6.07, 6.45) is 2.98.